The predicted molar refractivity (Wildman–Crippen MR) is 51.3 cm³/mol. The third-order valence-corrected chi connectivity index (χ3v) is 2.34. The van der Waals surface area contributed by atoms with E-state index in [0.29, 0.717) is 17.7 Å². The van der Waals surface area contributed by atoms with Crippen LogP contribution in [0.25, 0.3) is 5.70 Å². The number of aliphatic hydroxyl groups is 1. The molecule has 68 valence electrons. The van der Waals surface area contributed by atoms with Crippen molar-refractivity contribution in [1.29, 1.82) is 0 Å². The van der Waals surface area contributed by atoms with Crippen LogP contribution >= 0.6 is 0 Å². The number of fused-ring (bicyclic) bond motifs is 1. The minimum absolute atomic E-state index is 0.371. The Hall–Kier alpha value is -1.32. The largest absolute Gasteiger partial charge is 0.398 e. The van der Waals surface area contributed by atoms with Crippen LogP contribution in [0.3, 0.4) is 0 Å². The predicted octanol–water partition coefficient (Wildman–Crippen LogP) is 0.494. The summed E-state index contributed by atoms with van der Waals surface area (Å²) in [5, 5.41) is 9.82. The summed E-state index contributed by atoms with van der Waals surface area (Å²) in [5.74, 6) is 0. The van der Waals surface area contributed by atoms with Gasteiger partial charge in [0.25, 0.3) is 0 Å². The van der Waals surface area contributed by atoms with Gasteiger partial charge in [0, 0.05) is 23.2 Å². The molecule has 1 atom stereocenters. The van der Waals surface area contributed by atoms with Crippen molar-refractivity contribution in [3.8, 4) is 0 Å². The number of benzene rings is 1. The number of hydrogen-bond acceptors (Lipinski definition) is 3. The highest BCUT2D eigenvalue weighted by Crippen LogP contribution is 2.31. The summed E-state index contributed by atoms with van der Waals surface area (Å²) < 4.78 is 0. The van der Waals surface area contributed by atoms with Crippen molar-refractivity contribution >= 4 is 5.70 Å². The summed E-state index contributed by atoms with van der Waals surface area (Å²) >= 11 is 0. The molecule has 0 heterocycles. The summed E-state index contributed by atoms with van der Waals surface area (Å²) in [5.41, 5.74) is 12.4. The molecule has 0 saturated heterocycles. The van der Waals surface area contributed by atoms with Crippen molar-refractivity contribution in [3.05, 3.63) is 41.5 Å². The van der Waals surface area contributed by atoms with Gasteiger partial charge < -0.3 is 10.8 Å². The van der Waals surface area contributed by atoms with Gasteiger partial charge in [0.1, 0.15) is 5.72 Å². The zero-order valence-corrected chi connectivity index (χ0v) is 7.20. The van der Waals surface area contributed by atoms with Gasteiger partial charge in [-0.2, -0.15) is 0 Å². The number of hydrogen-bond donors (Lipinski definition) is 3. The quantitative estimate of drug-likeness (QED) is 0.504. The summed E-state index contributed by atoms with van der Waals surface area (Å²) in [6, 6.07) is 7.38. The maximum Gasteiger partial charge on any atom is 0.143 e. The lowest BCUT2D eigenvalue weighted by molar-refractivity contribution is 0.0451. The minimum Gasteiger partial charge on any atom is -0.398 e. The Morgan fingerprint density at radius 3 is 2.69 bits per heavy atom. The molecule has 1 aliphatic carbocycles. The Morgan fingerprint density at radius 1 is 1.31 bits per heavy atom. The first-order valence-electron chi connectivity index (χ1n) is 4.18. The molecule has 0 aromatic heterocycles. The van der Waals surface area contributed by atoms with Crippen LogP contribution in [-0.4, -0.2) is 5.11 Å². The molecule has 5 N–H and O–H groups in total. The van der Waals surface area contributed by atoms with E-state index < -0.39 is 5.72 Å². The second-order valence-electron chi connectivity index (χ2n) is 3.33. The molecule has 2 rings (SSSR count). The third kappa shape index (κ3) is 1.22. The van der Waals surface area contributed by atoms with Crippen LogP contribution < -0.4 is 11.5 Å². The maximum absolute atomic E-state index is 9.82. The highest BCUT2D eigenvalue weighted by atomic mass is 16.3. The monoisotopic (exact) mass is 176 g/mol. The Morgan fingerprint density at radius 2 is 2.00 bits per heavy atom. The molecule has 1 aromatic rings. The van der Waals surface area contributed by atoms with Gasteiger partial charge in [-0.05, 0) is 0 Å². The van der Waals surface area contributed by atoms with E-state index in [2.05, 4.69) is 0 Å². The van der Waals surface area contributed by atoms with Crippen LogP contribution in [0.5, 0.6) is 0 Å². The lowest BCUT2D eigenvalue weighted by Gasteiger charge is -2.28. The molecule has 1 aromatic carbocycles. The minimum atomic E-state index is -1.26. The van der Waals surface area contributed by atoms with E-state index in [1.165, 1.54) is 0 Å². The number of nitrogens with two attached hydrogens (primary N) is 2. The summed E-state index contributed by atoms with van der Waals surface area (Å²) in [4.78, 5) is 0. The van der Waals surface area contributed by atoms with Crippen molar-refractivity contribution in [2.24, 2.45) is 11.5 Å². The van der Waals surface area contributed by atoms with E-state index >= 15 is 0 Å². The van der Waals surface area contributed by atoms with Crippen molar-refractivity contribution in [3.63, 3.8) is 0 Å². The van der Waals surface area contributed by atoms with Gasteiger partial charge in [0.15, 0.2) is 0 Å². The molecular formula is C10H12N2O. The van der Waals surface area contributed by atoms with Crippen LogP contribution in [-0.2, 0) is 5.72 Å². The van der Waals surface area contributed by atoms with E-state index in [9.17, 15) is 5.11 Å². The first-order chi connectivity index (χ1) is 6.11. The Bertz CT molecular complexity index is 369. The molecular weight excluding hydrogens is 164 g/mol. The summed E-state index contributed by atoms with van der Waals surface area (Å²) in [6.45, 7) is 0. The zero-order chi connectivity index (χ0) is 9.47. The van der Waals surface area contributed by atoms with E-state index in [4.69, 9.17) is 11.5 Å². The lowest BCUT2D eigenvalue weighted by atomic mass is 9.88. The Kier molecular flexibility index (Phi) is 1.65. The van der Waals surface area contributed by atoms with Crippen LogP contribution in [0.2, 0.25) is 0 Å². The average molecular weight is 176 g/mol. The highest BCUT2D eigenvalue weighted by molar-refractivity contribution is 5.68. The standard InChI is InChI=1S/C10H12N2O/c11-9-5-6-10(12,13)8-4-2-1-3-7(8)9/h1-5,13H,6,11-12H2/t10-/m1/s1. The topological polar surface area (TPSA) is 72.3 Å². The van der Waals surface area contributed by atoms with Crippen molar-refractivity contribution in [2.75, 3.05) is 0 Å². The van der Waals surface area contributed by atoms with Crippen molar-refractivity contribution in [2.45, 2.75) is 12.1 Å². The van der Waals surface area contributed by atoms with E-state index in [0.717, 1.165) is 5.56 Å². The van der Waals surface area contributed by atoms with E-state index in [-0.39, 0.29) is 0 Å². The fraction of sp³-hybridized carbons (Fsp3) is 0.200. The second kappa shape index (κ2) is 2.58. The molecule has 13 heavy (non-hydrogen) atoms. The third-order valence-electron chi connectivity index (χ3n) is 2.34. The first-order valence-corrected chi connectivity index (χ1v) is 4.18. The summed E-state index contributed by atoms with van der Waals surface area (Å²) in [7, 11) is 0. The molecule has 1 aliphatic rings. The van der Waals surface area contributed by atoms with Gasteiger partial charge in [0.05, 0.1) is 0 Å². The Labute approximate surface area is 76.7 Å². The second-order valence-corrected chi connectivity index (χ2v) is 3.33. The smallest absolute Gasteiger partial charge is 0.143 e. The van der Waals surface area contributed by atoms with Crippen LogP contribution in [0.4, 0.5) is 0 Å². The molecule has 0 radical (unpaired) electrons. The highest BCUT2D eigenvalue weighted by Gasteiger charge is 2.29. The molecule has 0 amide bonds. The van der Waals surface area contributed by atoms with Gasteiger partial charge in [-0.25, -0.2) is 0 Å². The van der Waals surface area contributed by atoms with Crippen LogP contribution in [0.15, 0.2) is 30.3 Å². The van der Waals surface area contributed by atoms with E-state index in [1.807, 2.05) is 18.2 Å². The van der Waals surface area contributed by atoms with Crippen molar-refractivity contribution < 1.29 is 5.11 Å². The fourth-order valence-electron chi connectivity index (χ4n) is 1.60. The summed E-state index contributed by atoms with van der Waals surface area (Å²) in [6.07, 6.45) is 2.12. The van der Waals surface area contributed by atoms with Gasteiger partial charge in [-0.3, -0.25) is 5.73 Å². The average Bonchev–Trinajstić information content (AvgIpc) is 2.13. The Balaban J connectivity index is 2.64. The molecule has 0 spiro atoms. The van der Waals surface area contributed by atoms with E-state index in [1.54, 1.807) is 12.1 Å². The maximum atomic E-state index is 9.82. The molecule has 0 aliphatic heterocycles. The molecule has 0 saturated carbocycles. The molecule has 3 heteroatoms. The first kappa shape index (κ1) is 8.29. The van der Waals surface area contributed by atoms with Crippen LogP contribution in [0.1, 0.15) is 17.5 Å². The normalized spacial score (nSPS) is 26.5. The zero-order valence-electron chi connectivity index (χ0n) is 7.20. The SMILES string of the molecule is NC1=CC[C@@](N)(O)c2ccccc21. The molecule has 3 nitrogen and oxygen atoms in total. The molecule has 0 bridgehead atoms. The van der Waals surface area contributed by atoms with Gasteiger partial charge in [-0.1, -0.05) is 30.3 Å². The van der Waals surface area contributed by atoms with Gasteiger partial charge in [0.2, 0.25) is 0 Å². The molecule has 0 fully saturated rings. The lowest BCUT2D eigenvalue weighted by Crippen LogP contribution is -2.38. The van der Waals surface area contributed by atoms with Crippen molar-refractivity contribution in [1.82, 2.24) is 0 Å². The van der Waals surface area contributed by atoms with Crippen LogP contribution in [0, 0.1) is 0 Å². The molecule has 0 unspecified atom stereocenters. The fourth-order valence-corrected chi connectivity index (χ4v) is 1.60. The van der Waals surface area contributed by atoms with Gasteiger partial charge in [-0.15, -0.1) is 0 Å². The number of rotatable bonds is 0. The van der Waals surface area contributed by atoms with Gasteiger partial charge >= 0.3 is 0 Å².